The zero-order valence-electron chi connectivity index (χ0n) is 19.4. The number of aromatic nitrogens is 4. The molecule has 0 unspecified atom stereocenters. The highest BCUT2D eigenvalue weighted by atomic mass is 32.2. The normalized spacial score (nSPS) is 13.9. The molecule has 3 heterocycles. The monoisotopic (exact) mass is 475 g/mol. The van der Waals surface area contributed by atoms with Crippen molar-refractivity contribution in [2.24, 2.45) is 0 Å². The van der Waals surface area contributed by atoms with E-state index >= 15 is 0 Å². The second-order valence-corrected chi connectivity index (χ2v) is 9.73. The number of thioether (sulfide) groups is 1. The fraction of sp³-hybridized carbons (Fsp3) is 0.385. The van der Waals surface area contributed by atoms with E-state index in [-0.39, 0.29) is 11.5 Å². The molecule has 7 nitrogen and oxygen atoms in total. The average Bonchev–Trinajstić information content (AvgIpc) is 3.55. The van der Waals surface area contributed by atoms with Crippen molar-refractivity contribution in [1.29, 1.82) is 0 Å². The first-order chi connectivity index (χ1) is 16.7. The summed E-state index contributed by atoms with van der Waals surface area (Å²) >= 11 is 1.59. The van der Waals surface area contributed by atoms with Crippen LogP contribution in [0.15, 0.2) is 58.5 Å². The summed E-state index contributed by atoms with van der Waals surface area (Å²) in [5.74, 6) is 1.41. The van der Waals surface area contributed by atoms with Gasteiger partial charge in [0.15, 0.2) is 5.16 Å². The molecular formula is C26H29N5O2S. The first-order valence-corrected chi connectivity index (χ1v) is 13.0. The van der Waals surface area contributed by atoms with Gasteiger partial charge in [-0.2, -0.15) is 0 Å². The van der Waals surface area contributed by atoms with Crippen LogP contribution in [0.2, 0.25) is 0 Å². The standard InChI is InChI=1S/C26H29N5O2S/c1-2-3-6-17-30-24(33)21-9-4-5-10-22(21)31-25(30)27-28-26(31)34-18-19-11-13-20(14-12-19)23(32)29-15-7-8-16-29/h4-5,9-14H,2-3,6-8,15-18H2,1H3. The summed E-state index contributed by atoms with van der Waals surface area (Å²) in [5, 5.41) is 10.3. The van der Waals surface area contributed by atoms with Crippen LogP contribution in [0.4, 0.5) is 0 Å². The molecule has 1 saturated heterocycles. The van der Waals surface area contributed by atoms with Crippen LogP contribution in [0.3, 0.4) is 0 Å². The van der Waals surface area contributed by atoms with Gasteiger partial charge in [0.2, 0.25) is 5.78 Å². The van der Waals surface area contributed by atoms with Crippen molar-refractivity contribution < 1.29 is 4.79 Å². The van der Waals surface area contributed by atoms with E-state index in [4.69, 9.17) is 0 Å². The number of nitrogens with zero attached hydrogens (tertiary/aromatic N) is 5. The minimum Gasteiger partial charge on any atom is -0.339 e. The van der Waals surface area contributed by atoms with Gasteiger partial charge in [0, 0.05) is 31.0 Å². The Balaban J connectivity index is 1.41. The van der Waals surface area contributed by atoms with Crippen LogP contribution in [0.5, 0.6) is 0 Å². The molecule has 0 aliphatic carbocycles. The minimum absolute atomic E-state index is 0.0126. The van der Waals surface area contributed by atoms with E-state index in [1.165, 1.54) is 0 Å². The fourth-order valence-corrected chi connectivity index (χ4v) is 5.44. The molecule has 34 heavy (non-hydrogen) atoms. The molecule has 4 aromatic rings. The predicted molar refractivity (Wildman–Crippen MR) is 135 cm³/mol. The summed E-state index contributed by atoms with van der Waals surface area (Å²) in [6, 6.07) is 15.5. The highest BCUT2D eigenvalue weighted by molar-refractivity contribution is 7.98. The first kappa shape index (κ1) is 22.7. The van der Waals surface area contributed by atoms with Crippen molar-refractivity contribution in [3.05, 3.63) is 70.0 Å². The minimum atomic E-state index is -0.0126. The van der Waals surface area contributed by atoms with Gasteiger partial charge in [-0.05, 0) is 49.1 Å². The summed E-state index contributed by atoms with van der Waals surface area (Å²) in [6.07, 6.45) is 5.27. The highest BCUT2D eigenvalue weighted by Crippen LogP contribution is 2.25. The predicted octanol–water partition coefficient (Wildman–Crippen LogP) is 4.76. The van der Waals surface area contributed by atoms with Gasteiger partial charge in [-0.25, -0.2) is 0 Å². The molecule has 1 fully saturated rings. The van der Waals surface area contributed by atoms with E-state index in [9.17, 15) is 9.59 Å². The van der Waals surface area contributed by atoms with Gasteiger partial charge in [-0.15, -0.1) is 10.2 Å². The van der Waals surface area contributed by atoms with Gasteiger partial charge in [-0.1, -0.05) is 55.8 Å². The van der Waals surface area contributed by atoms with Crippen LogP contribution in [-0.2, 0) is 12.3 Å². The number of hydrogen-bond acceptors (Lipinski definition) is 5. The lowest BCUT2D eigenvalue weighted by atomic mass is 10.1. The summed E-state index contributed by atoms with van der Waals surface area (Å²) in [7, 11) is 0. The van der Waals surface area contributed by atoms with Crippen molar-refractivity contribution in [2.75, 3.05) is 13.1 Å². The smallest absolute Gasteiger partial charge is 0.262 e. The third-order valence-corrected chi connectivity index (χ3v) is 7.43. The largest absolute Gasteiger partial charge is 0.339 e. The Labute approximate surface area is 202 Å². The van der Waals surface area contributed by atoms with E-state index in [1.807, 2.05) is 57.8 Å². The van der Waals surface area contributed by atoms with Crippen LogP contribution in [0.25, 0.3) is 16.7 Å². The number of likely N-dealkylation sites (tertiary alicyclic amines) is 1. The number of aryl methyl sites for hydroxylation is 1. The van der Waals surface area contributed by atoms with E-state index < -0.39 is 0 Å². The van der Waals surface area contributed by atoms with Crippen molar-refractivity contribution in [1.82, 2.24) is 24.1 Å². The third kappa shape index (κ3) is 4.34. The molecule has 2 aromatic carbocycles. The molecule has 1 aliphatic rings. The summed E-state index contributed by atoms with van der Waals surface area (Å²) < 4.78 is 3.76. The number of rotatable bonds is 8. The second-order valence-electron chi connectivity index (χ2n) is 8.78. The van der Waals surface area contributed by atoms with Gasteiger partial charge in [0.1, 0.15) is 0 Å². The molecule has 5 rings (SSSR count). The SMILES string of the molecule is CCCCCn1c(=O)c2ccccc2n2c(SCc3ccc(C(=O)N4CCCC4)cc3)nnc12. The number of benzene rings is 2. The fourth-order valence-electron chi connectivity index (χ4n) is 4.54. The highest BCUT2D eigenvalue weighted by Gasteiger charge is 2.20. The molecule has 0 saturated carbocycles. The quantitative estimate of drug-likeness (QED) is 0.271. The van der Waals surface area contributed by atoms with Crippen LogP contribution < -0.4 is 5.56 Å². The topological polar surface area (TPSA) is 72.5 Å². The van der Waals surface area contributed by atoms with Gasteiger partial charge in [0.05, 0.1) is 10.9 Å². The maximum absolute atomic E-state index is 13.2. The number of carbonyl (C=O) groups is 1. The van der Waals surface area contributed by atoms with Gasteiger partial charge in [0.25, 0.3) is 11.5 Å². The van der Waals surface area contributed by atoms with Crippen molar-refractivity contribution in [3.8, 4) is 0 Å². The van der Waals surface area contributed by atoms with Gasteiger partial charge >= 0.3 is 0 Å². The lowest BCUT2D eigenvalue weighted by molar-refractivity contribution is 0.0793. The molecule has 8 heteroatoms. The Hall–Kier alpha value is -3.13. The van der Waals surface area contributed by atoms with Gasteiger partial charge in [-0.3, -0.25) is 18.6 Å². The van der Waals surface area contributed by atoms with Gasteiger partial charge < -0.3 is 4.90 Å². The van der Waals surface area contributed by atoms with E-state index in [0.717, 1.165) is 67.0 Å². The van der Waals surface area contributed by atoms with Crippen molar-refractivity contribution in [3.63, 3.8) is 0 Å². The Morgan fingerprint density at radius 1 is 1.00 bits per heavy atom. The molecule has 0 spiro atoms. The summed E-state index contributed by atoms with van der Waals surface area (Å²) in [6.45, 7) is 4.50. The third-order valence-electron chi connectivity index (χ3n) is 6.43. The lowest BCUT2D eigenvalue weighted by Gasteiger charge is -2.15. The molecule has 0 radical (unpaired) electrons. The van der Waals surface area contributed by atoms with E-state index in [1.54, 1.807) is 16.3 Å². The Morgan fingerprint density at radius 3 is 2.53 bits per heavy atom. The number of carbonyl (C=O) groups excluding carboxylic acids is 1. The van der Waals surface area contributed by atoms with Crippen LogP contribution in [-0.4, -0.2) is 43.1 Å². The molecule has 176 valence electrons. The maximum Gasteiger partial charge on any atom is 0.262 e. The lowest BCUT2D eigenvalue weighted by Crippen LogP contribution is -2.27. The Morgan fingerprint density at radius 2 is 1.76 bits per heavy atom. The van der Waals surface area contributed by atoms with Crippen molar-refractivity contribution >= 4 is 34.3 Å². The average molecular weight is 476 g/mol. The zero-order valence-corrected chi connectivity index (χ0v) is 20.3. The molecule has 0 N–H and O–H groups in total. The van der Waals surface area contributed by atoms with Crippen LogP contribution in [0.1, 0.15) is 54.9 Å². The number of para-hydroxylation sites is 1. The van der Waals surface area contributed by atoms with E-state index in [0.29, 0.717) is 23.5 Å². The Kier molecular flexibility index (Phi) is 6.67. The molecule has 1 aliphatic heterocycles. The summed E-state index contributed by atoms with van der Waals surface area (Å²) in [5.41, 5.74) is 2.67. The number of hydrogen-bond donors (Lipinski definition) is 0. The number of amides is 1. The molecule has 0 atom stereocenters. The summed E-state index contributed by atoms with van der Waals surface area (Å²) in [4.78, 5) is 27.7. The van der Waals surface area contributed by atoms with E-state index in [2.05, 4.69) is 17.1 Å². The van der Waals surface area contributed by atoms with Crippen LogP contribution >= 0.6 is 11.8 Å². The Bertz CT molecular complexity index is 1370. The molecule has 2 aromatic heterocycles. The maximum atomic E-state index is 13.2. The number of fused-ring (bicyclic) bond motifs is 3. The molecular weight excluding hydrogens is 446 g/mol. The molecule has 0 bridgehead atoms. The number of unbranched alkanes of at least 4 members (excludes halogenated alkanes) is 2. The van der Waals surface area contributed by atoms with Crippen LogP contribution in [0, 0.1) is 0 Å². The molecule has 1 amide bonds. The zero-order chi connectivity index (χ0) is 23.5. The first-order valence-electron chi connectivity index (χ1n) is 12.0. The second kappa shape index (κ2) is 10.0. The van der Waals surface area contributed by atoms with Crippen molar-refractivity contribution in [2.45, 2.75) is 56.5 Å².